The van der Waals surface area contributed by atoms with Gasteiger partial charge in [-0.05, 0) is 0 Å². The summed E-state index contributed by atoms with van der Waals surface area (Å²) in [6.45, 7) is -0.528. The highest BCUT2D eigenvalue weighted by Gasteiger charge is 2.28. The second kappa shape index (κ2) is 3.63. The van der Waals surface area contributed by atoms with Gasteiger partial charge in [-0.15, -0.1) is 0 Å². The summed E-state index contributed by atoms with van der Waals surface area (Å²) in [5, 5.41) is 1.74. The smallest absolute Gasteiger partial charge is 0.329 e. The Bertz CT molecular complexity index is 226. The molecule has 1 rings (SSSR count). The Kier molecular flexibility index (Phi) is 2.74. The summed E-state index contributed by atoms with van der Waals surface area (Å²) in [5.74, 6) is 0. The predicted octanol–water partition coefficient (Wildman–Crippen LogP) is 0.602. The molecule has 0 spiro atoms. The van der Waals surface area contributed by atoms with Gasteiger partial charge in [-0.2, -0.15) is 13.2 Å². The molecule has 0 aromatic carbocycles. The maximum atomic E-state index is 11.6. The number of nitrogens with one attached hydrogen (secondary N) is 1. The molecule has 13 heavy (non-hydrogen) atoms. The van der Waals surface area contributed by atoms with Crippen LogP contribution in [-0.4, -0.2) is 43.1 Å². The quantitative estimate of drug-likeness (QED) is 0.654. The SMILES string of the molecule is O=C(NCC(F)(F)F)N1C=NCC1. The van der Waals surface area contributed by atoms with E-state index in [2.05, 4.69) is 4.99 Å². The van der Waals surface area contributed by atoms with Crippen LogP contribution in [-0.2, 0) is 0 Å². The van der Waals surface area contributed by atoms with Gasteiger partial charge in [0.15, 0.2) is 0 Å². The molecule has 0 radical (unpaired) electrons. The van der Waals surface area contributed by atoms with Crippen LogP contribution in [0, 0.1) is 0 Å². The summed E-state index contributed by atoms with van der Waals surface area (Å²) in [5.41, 5.74) is 0. The Balaban J connectivity index is 2.29. The van der Waals surface area contributed by atoms with E-state index < -0.39 is 18.8 Å². The summed E-state index contributed by atoms with van der Waals surface area (Å²) in [6, 6.07) is -0.765. The number of carbonyl (C=O) groups excluding carboxylic acids is 1. The van der Waals surface area contributed by atoms with Crippen molar-refractivity contribution in [1.29, 1.82) is 0 Å². The lowest BCUT2D eigenvalue weighted by Gasteiger charge is -2.14. The van der Waals surface area contributed by atoms with Gasteiger partial charge in [0.25, 0.3) is 0 Å². The molecule has 0 aromatic heterocycles. The van der Waals surface area contributed by atoms with E-state index in [9.17, 15) is 18.0 Å². The van der Waals surface area contributed by atoms with Crippen molar-refractivity contribution in [2.45, 2.75) is 6.18 Å². The fraction of sp³-hybridized carbons (Fsp3) is 0.667. The van der Waals surface area contributed by atoms with Crippen molar-refractivity contribution in [2.75, 3.05) is 19.6 Å². The van der Waals surface area contributed by atoms with Crippen molar-refractivity contribution < 1.29 is 18.0 Å². The third-order valence-corrected chi connectivity index (χ3v) is 1.39. The molecular weight excluding hydrogens is 187 g/mol. The lowest BCUT2D eigenvalue weighted by atomic mass is 10.6. The van der Waals surface area contributed by atoms with Crippen LogP contribution in [0.15, 0.2) is 4.99 Å². The van der Waals surface area contributed by atoms with Crippen LogP contribution in [0.25, 0.3) is 0 Å². The summed E-state index contributed by atoms with van der Waals surface area (Å²) >= 11 is 0. The number of urea groups is 1. The minimum absolute atomic E-state index is 0.337. The van der Waals surface area contributed by atoms with E-state index in [0.717, 1.165) is 4.90 Å². The molecule has 0 saturated carbocycles. The van der Waals surface area contributed by atoms with Gasteiger partial charge in [0.1, 0.15) is 6.54 Å². The van der Waals surface area contributed by atoms with E-state index in [0.29, 0.717) is 13.1 Å². The molecule has 0 aromatic rings. The van der Waals surface area contributed by atoms with Gasteiger partial charge in [-0.1, -0.05) is 0 Å². The zero-order chi connectivity index (χ0) is 9.90. The number of nitrogens with zero attached hydrogens (tertiary/aromatic N) is 2. The van der Waals surface area contributed by atoms with Crippen molar-refractivity contribution in [2.24, 2.45) is 4.99 Å². The third-order valence-electron chi connectivity index (χ3n) is 1.39. The molecule has 74 valence electrons. The van der Waals surface area contributed by atoms with Crippen LogP contribution >= 0.6 is 0 Å². The van der Waals surface area contributed by atoms with Crippen molar-refractivity contribution in [1.82, 2.24) is 10.2 Å². The average molecular weight is 195 g/mol. The Hall–Kier alpha value is -1.27. The van der Waals surface area contributed by atoms with Crippen molar-refractivity contribution >= 4 is 12.4 Å². The van der Waals surface area contributed by atoms with E-state index in [1.54, 1.807) is 5.32 Å². The number of amides is 2. The number of rotatable bonds is 1. The van der Waals surface area contributed by atoms with Gasteiger partial charge >= 0.3 is 12.2 Å². The highest BCUT2D eigenvalue weighted by molar-refractivity contribution is 5.87. The van der Waals surface area contributed by atoms with Crippen molar-refractivity contribution in [3.8, 4) is 0 Å². The molecular formula is C6H8F3N3O. The molecule has 0 saturated heterocycles. The first-order chi connectivity index (χ1) is 5.99. The van der Waals surface area contributed by atoms with Gasteiger partial charge in [-0.3, -0.25) is 9.89 Å². The number of aliphatic imine (C=N–C) groups is 1. The predicted molar refractivity (Wildman–Crippen MR) is 39.5 cm³/mol. The van der Waals surface area contributed by atoms with Crippen molar-refractivity contribution in [3.05, 3.63) is 0 Å². The Labute approximate surface area is 72.4 Å². The zero-order valence-corrected chi connectivity index (χ0v) is 6.64. The summed E-state index contributed by atoms with van der Waals surface area (Å²) < 4.78 is 34.9. The summed E-state index contributed by atoms with van der Waals surface area (Å²) in [6.07, 6.45) is -3.14. The molecule has 1 heterocycles. The normalized spacial score (nSPS) is 16.4. The Morgan fingerprint density at radius 1 is 1.62 bits per heavy atom. The fourth-order valence-corrected chi connectivity index (χ4v) is 0.811. The molecule has 0 aliphatic carbocycles. The minimum Gasteiger partial charge on any atom is -0.329 e. The first kappa shape index (κ1) is 9.82. The maximum absolute atomic E-state index is 11.6. The monoisotopic (exact) mass is 195 g/mol. The number of carbonyl (C=O) groups is 1. The molecule has 1 aliphatic heterocycles. The van der Waals surface area contributed by atoms with Gasteiger partial charge in [0.2, 0.25) is 0 Å². The molecule has 7 heteroatoms. The zero-order valence-electron chi connectivity index (χ0n) is 6.64. The van der Waals surface area contributed by atoms with E-state index >= 15 is 0 Å². The lowest BCUT2D eigenvalue weighted by molar-refractivity contribution is -0.123. The van der Waals surface area contributed by atoms with Crippen LogP contribution in [0.5, 0.6) is 0 Å². The molecule has 2 amide bonds. The van der Waals surface area contributed by atoms with Gasteiger partial charge in [-0.25, -0.2) is 4.79 Å². The van der Waals surface area contributed by atoms with Gasteiger partial charge in [0, 0.05) is 6.54 Å². The van der Waals surface area contributed by atoms with Crippen LogP contribution in [0.1, 0.15) is 0 Å². The lowest BCUT2D eigenvalue weighted by Crippen LogP contribution is -2.42. The largest absolute Gasteiger partial charge is 0.405 e. The van der Waals surface area contributed by atoms with E-state index in [1.165, 1.54) is 6.34 Å². The van der Waals surface area contributed by atoms with E-state index in [4.69, 9.17) is 0 Å². The topological polar surface area (TPSA) is 44.7 Å². The molecule has 0 bridgehead atoms. The van der Waals surface area contributed by atoms with Gasteiger partial charge < -0.3 is 5.32 Å². The van der Waals surface area contributed by atoms with Gasteiger partial charge in [0.05, 0.1) is 12.9 Å². The number of halogens is 3. The molecule has 1 aliphatic rings. The minimum atomic E-state index is -4.37. The maximum Gasteiger partial charge on any atom is 0.405 e. The molecule has 0 fully saturated rings. The number of hydrogen-bond acceptors (Lipinski definition) is 2. The van der Waals surface area contributed by atoms with Crippen LogP contribution in [0.3, 0.4) is 0 Å². The van der Waals surface area contributed by atoms with Crippen LogP contribution in [0.2, 0.25) is 0 Å². The summed E-state index contributed by atoms with van der Waals surface area (Å²) in [7, 11) is 0. The third kappa shape index (κ3) is 3.30. The second-order valence-corrected chi connectivity index (χ2v) is 2.49. The standard InChI is InChI=1S/C6H8F3N3O/c7-6(8,9)3-11-5(13)12-2-1-10-4-12/h4H,1-3H2,(H,11,13). The number of alkyl halides is 3. The molecule has 0 unspecified atom stereocenters. The summed E-state index contributed by atoms with van der Waals surface area (Å²) in [4.78, 5) is 15.7. The Morgan fingerprint density at radius 3 is 2.77 bits per heavy atom. The molecule has 1 N–H and O–H groups in total. The average Bonchev–Trinajstić information content (AvgIpc) is 2.50. The fourth-order valence-electron chi connectivity index (χ4n) is 0.811. The van der Waals surface area contributed by atoms with Crippen LogP contribution in [0.4, 0.5) is 18.0 Å². The highest BCUT2D eigenvalue weighted by atomic mass is 19.4. The van der Waals surface area contributed by atoms with E-state index in [1.807, 2.05) is 0 Å². The molecule has 4 nitrogen and oxygen atoms in total. The molecule has 0 atom stereocenters. The first-order valence-corrected chi connectivity index (χ1v) is 3.60. The van der Waals surface area contributed by atoms with Crippen molar-refractivity contribution in [3.63, 3.8) is 0 Å². The van der Waals surface area contributed by atoms with Crippen LogP contribution < -0.4 is 5.32 Å². The first-order valence-electron chi connectivity index (χ1n) is 3.60. The Morgan fingerprint density at radius 2 is 2.31 bits per heavy atom. The van der Waals surface area contributed by atoms with E-state index in [-0.39, 0.29) is 0 Å². The number of hydrogen-bond donors (Lipinski definition) is 1. The second-order valence-electron chi connectivity index (χ2n) is 2.49. The highest BCUT2D eigenvalue weighted by Crippen LogP contribution is 2.12.